The first-order valence-electron chi connectivity index (χ1n) is 26.3. The largest absolute Gasteiger partial charge is 0.508 e. The Kier molecular flexibility index (Phi) is 25.9. The van der Waals surface area contributed by atoms with E-state index in [0.29, 0.717) is 36.0 Å². The summed E-state index contributed by atoms with van der Waals surface area (Å²) in [6, 6.07) is 12.1. The zero-order valence-electron chi connectivity index (χ0n) is 44.7. The number of nitrogens with zero attached hydrogens (tertiary/aromatic N) is 2. The smallest absolute Gasteiger partial charge is 0.326 e. The van der Waals surface area contributed by atoms with Crippen LogP contribution in [0.25, 0.3) is 0 Å². The van der Waals surface area contributed by atoms with E-state index in [4.69, 9.17) is 22.9 Å². The number of carboxylic acid groups (broad SMARTS) is 1. The van der Waals surface area contributed by atoms with Crippen LogP contribution < -0.4 is 60.2 Å². The Morgan fingerprint density at radius 3 is 1.68 bits per heavy atom. The van der Waals surface area contributed by atoms with Gasteiger partial charge < -0.3 is 80.4 Å². The summed E-state index contributed by atoms with van der Waals surface area (Å²) in [5.74, 6) is -7.52. The molecule has 1 fully saturated rings. The van der Waals surface area contributed by atoms with Crippen LogP contribution in [0.2, 0.25) is 0 Å². The highest BCUT2D eigenvalue weighted by Gasteiger charge is 2.39. The van der Waals surface area contributed by atoms with Crippen molar-refractivity contribution in [3.05, 3.63) is 95.6 Å². The van der Waals surface area contributed by atoms with Crippen molar-refractivity contribution in [3.8, 4) is 11.5 Å². The molecule has 7 unspecified atom stereocenters. The lowest BCUT2D eigenvalue weighted by molar-refractivity contribution is -0.149. The summed E-state index contributed by atoms with van der Waals surface area (Å²) in [6.45, 7) is 2.96. The number of carboxylic acids is 1. The molecular weight excluding hydrogens is 1020 g/mol. The molecule has 25 nitrogen and oxygen atoms in total. The van der Waals surface area contributed by atoms with Crippen molar-refractivity contribution >= 4 is 59.2 Å². The molecule has 8 amide bonds. The van der Waals surface area contributed by atoms with Crippen molar-refractivity contribution in [2.24, 2.45) is 33.8 Å². The quantitative estimate of drug-likeness (QED) is 0.0190. The molecule has 3 aromatic carbocycles. The van der Waals surface area contributed by atoms with E-state index in [1.807, 2.05) is 0 Å². The molecule has 0 bridgehead atoms. The second kappa shape index (κ2) is 32.4. The summed E-state index contributed by atoms with van der Waals surface area (Å²) >= 11 is 0. The first-order valence-corrected chi connectivity index (χ1v) is 26.3. The van der Waals surface area contributed by atoms with Crippen LogP contribution in [-0.4, -0.2) is 154 Å². The number of benzene rings is 3. The van der Waals surface area contributed by atoms with Crippen molar-refractivity contribution in [2.75, 3.05) is 32.7 Å². The molecule has 79 heavy (non-hydrogen) atoms. The summed E-state index contributed by atoms with van der Waals surface area (Å²) in [4.78, 5) is 127. The average Bonchev–Trinajstić information content (AvgIpc) is 3.91. The lowest BCUT2D eigenvalue weighted by Gasteiger charge is -2.30. The van der Waals surface area contributed by atoms with Gasteiger partial charge in [-0.3, -0.25) is 43.3 Å². The first kappa shape index (κ1) is 63.2. The van der Waals surface area contributed by atoms with Crippen LogP contribution in [0.15, 0.2) is 83.9 Å². The molecule has 1 aliphatic rings. The van der Waals surface area contributed by atoms with Crippen molar-refractivity contribution in [2.45, 2.75) is 127 Å². The number of hydrogen-bond donors (Lipinski definition) is 14. The van der Waals surface area contributed by atoms with Crippen molar-refractivity contribution < 1.29 is 58.5 Å². The van der Waals surface area contributed by atoms with E-state index in [-0.39, 0.29) is 94.4 Å². The predicted molar refractivity (Wildman–Crippen MR) is 292 cm³/mol. The topological polar surface area (TPSA) is 418 Å². The number of unbranched alkanes of at least 4 members (excludes halogenated alkanes) is 1. The SMILES string of the molecule is CC(C)CC(NC(=O)C(Cc1ccccc1)NC(=O)CNC(=O)CNC(=O)C(N)Cc1ccc(O)cc1)C(=O)NC(CCCN=C(N)N)C(=O)NC(CCCCN)C(=O)NC(Cc1ccc(O)cc1)C(=O)N1CCCC1C(=O)O. The van der Waals surface area contributed by atoms with E-state index in [1.54, 1.807) is 68.4 Å². The Hall–Kier alpha value is -8.32. The Bertz CT molecular complexity index is 2550. The lowest BCUT2D eigenvalue weighted by atomic mass is 10.00. The van der Waals surface area contributed by atoms with Crippen LogP contribution >= 0.6 is 0 Å². The summed E-state index contributed by atoms with van der Waals surface area (Å²) in [7, 11) is 0. The molecule has 1 heterocycles. The molecule has 25 heteroatoms. The van der Waals surface area contributed by atoms with Crippen LogP contribution in [0.5, 0.6) is 11.5 Å². The second-order valence-corrected chi connectivity index (χ2v) is 19.8. The minimum absolute atomic E-state index is 0.0362. The minimum atomic E-state index is -1.35. The van der Waals surface area contributed by atoms with Gasteiger partial charge in [0.1, 0.15) is 47.8 Å². The first-order chi connectivity index (χ1) is 37.6. The molecule has 1 saturated heterocycles. The monoisotopic (exact) mass is 1100 g/mol. The van der Waals surface area contributed by atoms with Crippen LogP contribution in [-0.2, 0) is 62.4 Å². The number of amides is 8. The highest BCUT2D eigenvalue weighted by molar-refractivity contribution is 5.97. The van der Waals surface area contributed by atoms with Crippen LogP contribution in [0.4, 0.5) is 0 Å². The zero-order valence-corrected chi connectivity index (χ0v) is 44.7. The molecule has 0 radical (unpaired) electrons. The standard InChI is InChI=1S/C54H77N13O12/c1-32(2)26-41(65-51(76)42(28-33-10-4-3-5-11-33)62-46(71)31-60-45(70)30-61-47(72)38(56)27-34-15-19-36(68)20-16-34)50(75)64-40(13-8-24-59-54(57)58)48(73)63-39(12-6-7-23-55)49(74)66-43(29-35-17-21-37(69)22-18-35)52(77)67-25-9-14-44(67)53(78)79/h3-5,10-11,15-22,32,38-44,68-69H,6-9,12-14,23-31,55-56H2,1-2H3,(H,60,70)(H,61,72)(H,62,71)(H,63,73)(H,64,75)(H,65,76)(H,66,74)(H,78,79)(H4,57,58,59). The van der Waals surface area contributed by atoms with E-state index in [2.05, 4.69) is 42.2 Å². The maximum Gasteiger partial charge on any atom is 0.326 e. The number of carbonyl (C=O) groups excluding carboxylic acids is 8. The van der Waals surface area contributed by atoms with E-state index in [1.165, 1.54) is 29.2 Å². The molecule has 3 aromatic rings. The fraction of sp³-hybridized carbons (Fsp3) is 0.481. The highest BCUT2D eigenvalue weighted by atomic mass is 16.4. The molecule has 430 valence electrons. The van der Waals surface area contributed by atoms with Crippen LogP contribution in [0.1, 0.15) is 81.9 Å². The van der Waals surface area contributed by atoms with Gasteiger partial charge in [-0.05, 0) is 111 Å². The van der Waals surface area contributed by atoms with Gasteiger partial charge in [-0.15, -0.1) is 0 Å². The maximum atomic E-state index is 14.4. The van der Waals surface area contributed by atoms with Gasteiger partial charge in [-0.2, -0.15) is 0 Å². The number of aliphatic imine (C=N–C) groups is 1. The van der Waals surface area contributed by atoms with Gasteiger partial charge in [0.05, 0.1) is 19.1 Å². The molecule has 0 saturated carbocycles. The van der Waals surface area contributed by atoms with Crippen LogP contribution in [0, 0.1) is 5.92 Å². The molecule has 7 atom stereocenters. The number of likely N-dealkylation sites (tertiary alicyclic amines) is 1. The maximum absolute atomic E-state index is 14.4. The van der Waals surface area contributed by atoms with E-state index >= 15 is 0 Å². The number of aliphatic carboxylic acids is 1. The molecule has 0 aromatic heterocycles. The number of rotatable bonds is 32. The normalized spacial score (nSPS) is 15.2. The highest BCUT2D eigenvalue weighted by Crippen LogP contribution is 2.21. The molecular formula is C54H77N13O12. The third kappa shape index (κ3) is 22.3. The summed E-state index contributed by atoms with van der Waals surface area (Å²) < 4.78 is 0. The van der Waals surface area contributed by atoms with Crippen molar-refractivity contribution in [1.82, 2.24) is 42.1 Å². The Balaban J connectivity index is 1.51. The van der Waals surface area contributed by atoms with Crippen LogP contribution in [0.3, 0.4) is 0 Å². The predicted octanol–water partition coefficient (Wildman–Crippen LogP) is -1.59. The van der Waals surface area contributed by atoms with Gasteiger partial charge >= 0.3 is 5.97 Å². The number of nitrogens with two attached hydrogens (primary N) is 4. The molecule has 1 aliphatic heterocycles. The summed E-state index contributed by atoms with van der Waals surface area (Å²) in [5.41, 5.74) is 24.8. The van der Waals surface area contributed by atoms with Crippen molar-refractivity contribution in [1.29, 1.82) is 0 Å². The van der Waals surface area contributed by atoms with E-state index < -0.39 is 109 Å². The number of carbonyl (C=O) groups is 9. The number of phenols is 2. The molecule has 0 spiro atoms. The summed E-state index contributed by atoms with van der Waals surface area (Å²) in [6.07, 6.45) is 1.67. The number of phenolic OH excluding ortho intramolecular Hbond substituents is 2. The number of nitrogens with one attached hydrogen (secondary N) is 7. The number of guanidine groups is 1. The van der Waals surface area contributed by atoms with Gasteiger partial charge in [-0.1, -0.05) is 68.4 Å². The number of aromatic hydroxyl groups is 2. The third-order valence-corrected chi connectivity index (χ3v) is 12.8. The average molecular weight is 1100 g/mol. The summed E-state index contributed by atoms with van der Waals surface area (Å²) in [5, 5.41) is 47.7. The van der Waals surface area contributed by atoms with Gasteiger partial charge in [0.25, 0.3) is 0 Å². The lowest BCUT2D eigenvalue weighted by Crippen LogP contribution is -2.60. The molecule has 4 rings (SSSR count). The third-order valence-electron chi connectivity index (χ3n) is 12.8. The fourth-order valence-electron chi connectivity index (χ4n) is 8.70. The van der Waals surface area contributed by atoms with Gasteiger partial charge in [0, 0.05) is 25.9 Å². The van der Waals surface area contributed by atoms with E-state index in [9.17, 15) is 58.5 Å². The van der Waals surface area contributed by atoms with Crippen molar-refractivity contribution in [3.63, 3.8) is 0 Å². The Morgan fingerprint density at radius 2 is 1.11 bits per heavy atom. The second-order valence-electron chi connectivity index (χ2n) is 19.8. The van der Waals surface area contributed by atoms with Gasteiger partial charge in [0.15, 0.2) is 5.96 Å². The zero-order chi connectivity index (χ0) is 58.0. The number of hydrogen-bond acceptors (Lipinski definition) is 14. The Labute approximate surface area is 458 Å². The fourth-order valence-corrected chi connectivity index (χ4v) is 8.70. The van der Waals surface area contributed by atoms with Gasteiger partial charge in [-0.25, -0.2) is 4.79 Å². The Morgan fingerprint density at radius 1 is 0.608 bits per heavy atom. The van der Waals surface area contributed by atoms with E-state index in [0.717, 1.165) is 0 Å². The molecule has 18 N–H and O–H groups in total. The molecule has 0 aliphatic carbocycles. The van der Waals surface area contributed by atoms with Gasteiger partial charge in [0.2, 0.25) is 47.3 Å². The minimum Gasteiger partial charge on any atom is -0.508 e.